The van der Waals surface area contributed by atoms with Crippen LogP contribution < -0.4 is 0 Å². The van der Waals surface area contributed by atoms with E-state index in [0.717, 1.165) is 0 Å². The fraction of sp³-hybridized carbons (Fsp3) is 0. The van der Waals surface area contributed by atoms with Gasteiger partial charge in [-0.2, -0.15) is 4.99 Å². The molecule has 0 saturated heterocycles. The molecule has 0 bridgehead atoms. The smallest absolute Gasteiger partial charge is 0.338 e. The number of aliphatic imine (C=N–C) groups is 1. The van der Waals surface area contributed by atoms with E-state index in [4.69, 9.17) is 10.2 Å². The molecule has 76 valence electrons. The van der Waals surface area contributed by atoms with Crippen molar-refractivity contribution in [2.24, 2.45) is 4.99 Å². The van der Waals surface area contributed by atoms with Gasteiger partial charge in [-0.15, -0.1) is 0 Å². The molecule has 0 radical (unpaired) electrons. The predicted octanol–water partition coefficient (Wildman–Crippen LogP) is 1.82. The first kappa shape index (κ1) is 11.0. The summed E-state index contributed by atoms with van der Waals surface area (Å²) in [5.74, 6) is -2.69. The summed E-state index contributed by atoms with van der Waals surface area (Å²) in [7, 11) is 0. The van der Waals surface area contributed by atoms with Crippen LogP contribution in [0.3, 0.4) is 0 Å². The molecule has 1 aromatic carbocycles. The lowest BCUT2D eigenvalue weighted by molar-refractivity contribution is 0.0652. The third-order valence-corrected chi connectivity index (χ3v) is 1.74. The maximum Gasteiger partial charge on any atom is 0.338 e. The number of aromatic carboxylic acids is 2. The molecule has 2 N–H and O–H groups in total. The largest absolute Gasteiger partial charge is 0.478 e. The molecule has 1 rings (SSSR count). The summed E-state index contributed by atoms with van der Waals surface area (Å²) in [6, 6.07) is 3.94. The molecular weight excluding hydrogens is 218 g/mol. The molecule has 0 saturated carbocycles. The Labute approximate surface area is 89.7 Å². The normalized spacial score (nSPS) is 9.07. The fourth-order valence-electron chi connectivity index (χ4n) is 1.09. The molecule has 0 fully saturated rings. The van der Waals surface area contributed by atoms with Crippen molar-refractivity contribution in [1.82, 2.24) is 0 Å². The Hall–Kier alpha value is -2.04. The number of nitrogens with zero attached hydrogens (tertiary/aromatic N) is 1. The molecular formula is C9H5NO4S. The van der Waals surface area contributed by atoms with Gasteiger partial charge in [0.1, 0.15) is 5.56 Å². The number of hydrogen-bond acceptors (Lipinski definition) is 4. The molecule has 0 amide bonds. The Kier molecular flexibility index (Phi) is 3.28. The van der Waals surface area contributed by atoms with E-state index >= 15 is 0 Å². The molecule has 0 heterocycles. The first-order chi connectivity index (χ1) is 7.07. The van der Waals surface area contributed by atoms with Crippen LogP contribution in [0.15, 0.2) is 23.2 Å². The van der Waals surface area contributed by atoms with E-state index in [1.54, 1.807) is 0 Å². The molecule has 0 aliphatic heterocycles. The lowest BCUT2D eigenvalue weighted by Crippen LogP contribution is -2.07. The van der Waals surface area contributed by atoms with Crippen molar-refractivity contribution in [2.75, 3.05) is 0 Å². The zero-order chi connectivity index (χ0) is 11.4. The van der Waals surface area contributed by atoms with Crippen molar-refractivity contribution >= 4 is 35.0 Å². The maximum absolute atomic E-state index is 10.8. The van der Waals surface area contributed by atoms with Crippen molar-refractivity contribution in [3.05, 3.63) is 29.3 Å². The van der Waals surface area contributed by atoms with E-state index in [2.05, 4.69) is 17.2 Å². The van der Waals surface area contributed by atoms with Gasteiger partial charge >= 0.3 is 11.9 Å². The van der Waals surface area contributed by atoms with Crippen LogP contribution in [-0.4, -0.2) is 27.3 Å². The zero-order valence-electron chi connectivity index (χ0n) is 7.30. The number of hydrogen-bond donors (Lipinski definition) is 2. The van der Waals surface area contributed by atoms with Crippen LogP contribution in [0.4, 0.5) is 5.69 Å². The number of benzene rings is 1. The Morgan fingerprint density at radius 3 is 2.40 bits per heavy atom. The van der Waals surface area contributed by atoms with Gasteiger partial charge in [0.2, 0.25) is 0 Å². The van der Waals surface area contributed by atoms with Crippen LogP contribution in [0.1, 0.15) is 20.7 Å². The highest BCUT2D eigenvalue weighted by Crippen LogP contribution is 2.22. The second-order valence-electron chi connectivity index (χ2n) is 2.51. The highest BCUT2D eigenvalue weighted by atomic mass is 32.1. The zero-order valence-corrected chi connectivity index (χ0v) is 8.11. The van der Waals surface area contributed by atoms with Crippen molar-refractivity contribution in [3.8, 4) is 0 Å². The maximum atomic E-state index is 10.8. The molecule has 0 spiro atoms. The monoisotopic (exact) mass is 223 g/mol. The summed E-state index contributed by atoms with van der Waals surface area (Å²) in [5, 5.41) is 19.6. The van der Waals surface area contributed by atoms with Crippen LogP contribution in [0.25, 0.3) is 0 Å². The van der Waals surface area contributed by atoms with Crippen molar-refractivity contribution in [2.45, 2.75) is 0 Å². The molecule has 15 heavy (non-hydrogen) atoms. The van der Waals surface area contributed by atoms with E-state index in [-0.39, 0.29) is 16.8 Å². The summed E-state index contributed by atoms with van der Waals surface area (Å²) in [6.07, 6.45) is 0. The summed E-state index contributed by atoms with van der Waals surface area (Å²) < 4.78 is 0. The number of thiocarbonyl (C=S) groups is 1. The van der Waals surface area contributed by atoms with E-state index in [1.165, 1.54) is 18.2 Å². The average molecular weight is 223 g/mol. The van der Waals surface area contributed by atoms with Gasteiger partial charge in [0.15, 0.2) is 0 Å². The van der Waals surface area contributed by atoms with Crippen LogP contribution in [0, 0.1) is 0 Å². The van der Waals surface area contributed by atoms with Gasteiger partial charge in [-0.1, -0.05) is 6.07 Å². The Bertz CT molecular complexity index is 457. The lowest BCUT2D eigenvalue weighted by Gasteiger charge is -2.03. The van der Waals surface area contributed by atoms with Gasteiger partial charge in [0.25, 0.3) is 0 Å². The quantitative estimate of drug-likeness (QED) is 0.602. The Morgan fingerprint density at radius 1 is 1.27 bits per heavy atom. The summed E-state index contributed by atoms with van der Waals surface area (Å²) in [4.78, 5) is 25.1. The minimum absolute atomic E-state index is 0.0163. The minimum atomic E-state index is -1.36. The van der Waals surface area contributed by atoms with E-state index in [9.17, 15) is 9.59 Å². The van der Waals surface area contributed by atoms with Crippen molar-refractivity contribution in [1.29, 1.82) is 0 Å². The second kappa shape index (κ2) is 4.45. The molecule has 0 aliphatic carbocycles. The number of carbonyl (C=O) groups is 2. The molecule has 0 unspecified atom stereocenters. The van der Waals surface area contributed by atoms with Crippen molar-refractivity contribution in [3.63, 3.8) is 0 Å². The summed E-state index contributed by atoms with van der Waals surface area (Å²) in [5.41, 5.74) is -0.728. The SMILES string of the molecule is O=C(O)c1cccc(N=C=S)c1C(=O)O. The van der Waals surface area contributed by atoms with Crippen LogP contribution in [0.5, 0.6) is 0 Å². The van der Waals surface area contributed by atoms with Crippen LogP contribution in [-0.2, 0) is 0 Å². The first-order valence-electron chi connectivity index (χ1n) is 3.75. The summed E-state index contributed by atoms with van der Waals surface area (Å²) >= 11 is 4.33. The van der Waals surface area contributed by atoms with Gasteiger partial charge < -0.3 is 10.2 Å². The van der Waals surface area contributed by atoms with Gasteiger partial charge in [0, 0.05) is 0 Å². The molecule has 6 heteroatoms. The van der Waals surface area contributed by atoms with Gasteiger partial charge in [-0.3, -0.25) is 0 Å². The number of isothiocyanates is 1. The third-order valence-electron chi connectivity index (χ3n) is 1.65. The highest BCUT2D eigenvalue weighted by Gasteiger charge is 2.19. The Morgan fingerprint density at radius 2 is 1.93 bits per heavy atom. The summed E-state index contributed by atoms with van der Waals surface area (Å²) in [6.45, 7) is 0. The lowest BCUT2D eigenvalue weighted by atomic mass is 10.1. The second-order valence-corrected chi connectivity index (χ2v) is 2.70. The number of rotatable bonds is 3. The van der Waals surface area contributed by atoms with E-state index < -0.39 is 11.9 Å². The standard InChI is InChI=1S/C9H5NO4S/c11-8(12)5-2-1-3-6(10-4-15)7(5)9(13)14/h1-3H,(H,11,12)(H,13,14). The molecule has 5 nitrogen and oxygen atoms in total. The molecule has 0 aliphatic rings. The molecule has 1 aromatic rings. The fourth-order valence-corrected chi connectivity index (χ4v) is 1.18. The van der Waals surface area contributed by atoms with E-state index in [1.807, 2.05) is 5.16 Å². The number of carboxylic acid groups (broad SMARTS) is 2. The molecule has 0 atom stereocenters. The van der Waals surface area contributed by atoms with Gasteiger partial charge in [0.05, 0.1) is 16.4 Å². The molecule has 0 aromatic heterocycles. The highest BCUT2D eigenvalue weighted by molar-refractivity contribution is 7.78. The van der Waals surface area contributed by atoms with Crippen molar-refractivity contribution < 1.29 is 19.8 Å². The topological polar surface area (TPSA) is 87.0 Å². The van der Waals surface area contributed by atoms with Gasteiger partial charge in [-0.05, 0) is 24.4 Å². The van der Waals surface area contributed by atoms with Crippen LogP contribution >= 0.6 is 12.2 Å². The Balaban J connectivity index is 3.55. The third kappa shape index (κ3) is 2.25. The van der Waals surface area contributed by atoms with E-state index in [0.29, 0.717) is 0 Å². The first-order valence-corrected chi connectivity index (χ1v) is 4.16. The average Bonchev–Trinajstić information content (AvgIpc) is 2.17. The van der Waals surface area contributed by atoms with Crippen LogP contribution in [0.2, 0.25) is 0 Å². The van der Waals surface area contributed by atoms with Gasteiger partial charge in [-0.25, -0.2) is 9.59 Å². The minimum Gasteiger partial charge on any atom is -0.478 e. The number of carboxylic acids is 2. The predicted molar refractivity (Wildman–Crippen MR) is 55.0 cm³/mol.